The van der Waals surface area contributed by atoms with Crippen LogP contribution in [0.2, 0.25) is 0 Å². The molecule has 0 aromatic carbocycles. The molecule has 7 nitrogen and oxygen atoms in total. The van der Waals surface area contributed by atoms with Crippen LogP contribution in [0.25, 0.3) is 22.4 Å². The molecule has 0 unspecified atom stereocenters. The molecule has 4 aromatic rings. The van der Waals surface area contributed by atoms with Crippen molar-refractivity contribution in [3.8, 4) is 11.3 Å². The van der Waals surface area contributed by atoms with Crippen LogP contribution in [0.15, 0.2) is 48.9 Å². The average Bonchev–Trinajstić information content (AvgIpc) is 3.12. The van der Waals surface area contributed by atoms with E-state index in [9.17, 15) is 4.79 Å². The summed E-state index contributed by atoms with van der Waals surface area (Å²) in [5.74, 6) is -1.07. The van der Waals surface area contributed by atoms with Crippen molar-refractivity contribution in [2.75, 3.05) is 0 Å². The molecule has 102 valence electrons. The average molecular weight is 279 g/mol. The normalized spacial score (nSPS) is 11.2. The second kappa shape index (κ2) is 4.14. The van der Waals surface area contributed by atoms with Crippen LogP contribution < -0.4 is 0 Å². The van der Waals surface area contributed by atoms with Crippen LogP contribution >= 0.6 is 0 Å². The summed E-state index contributed by atoms with van der Waals surface area (Å²) in [6.45, 7) is 0. The summed E-state index contributed by atoms with van der Waals surface area (Å²) < 4.78 is 3.26. The van der Waals surface area contributed by atoms with Crippen molar-refractivity contribution in [1.82, 2.24) is 24.2 Å². The molecule has 0 saturated heterocycles. The molecule has 0 fully saturated rings. The molecule has 21 heavy (non-hydrogen) atoms. The number of carbonyl (C=O) groups is 1. The van der Waals surface area contributed by atoms with E-state index in [1.54, 1.807) is 23.1 Å². The van der Waals surface area contributed by atoms with Crippen LogP contribution in [0.1, 0.15) is 10.5 Å². The molecule has 0 spiro atoms. The molecule has 0 atom stereocenters. The van der Waals surface area contributed by atoms with Crippen LogP contribution in [0.4, 0.5) is 0 Å². The minimum absolute atomic E-state index is 0.0306. The number of rotatable bonds is 2. The highest BCUT2D eigenvalue weighted by molar-refractivity contribution is 5.86. The lowest BCUT2D eigenvalue weighted by Crippen LogP contribution is -1.99. The number of carboxylic acid groups (broad SMARTS) is 1. The Morgan fingerprint density at radius 3 is 3.00 bits per heavy atom. The molecule has 4 heterocycles. The number of hydrogen-bond donors (Lipinski definition) is 1. The Bertz CT molecular complexity index is 985. The molecule has 0 amide bonds. The van der Waals surface area contributed by atoms with Crippen LogP contribution in [0, 0.1) is 0 Å². The van der Waals surface area contributed by atoms with Gasteiger partial charge in [0.2, 0.25) is 0 Å². The molecule has 7 heteroatoms. The molecule has 0 aliphatic heterocycles. The van der Waals surface area contributed by atoms with Gasteiger partial charge in [-0.1, -0.05) is 6.07 Å². The maximum absolute atomic E-state index is 10.9. The van der Waals surface area contributed by atoms with Gasteiger partial charge in [-0.2, -0.15) is 10.2 Å². The lowest BCUT2D eigenvalue weighted by Gasteiger charge is -2.04. The van der Waals surface area contributed by atoms with Crippen molar-refractivity contribution >= 4 is 17.1 Å². The van der Waals surface area contributed by atoms with Gasteiger partial charge in [0.1, 0.15) is 0 Å². The Kier molecular flexibility index (Phi) is 2.28. The smallest absolute Gasteiger partial charge is 0.356 e. The summed E-state index contributed by atoms with van der Waals surface area (Å²) in [6, 6.07) is 9.15. The highest BCUT2D eigenvalue weighted by atomic mass is 16.4. The fourth-order valence-corrected chi connectivity index (χ4v) is 2.28. The first kappa shape index (κ1) is 11.6. The molecule has 0 saturated carbocycles. The van der Waals surface area contributed by atoms with Crippen LogP contribution in [-0.4, -0.2) is 35.3 Å². The number of pyridine rings is 1. The predicted molar refractivity (Wildman–Crippen MR) is 74.1 cm³/mol. The number of nitrogens with zero attached hydrogens (tertiary/aromatic N) is 5. The topological polar surface area (TPSA) is 84.8 Å². The quantitative estimate of drug-likeness (QED) is 0.604. The first-order valence-electron chi connectivity index (χ1n) is 6.24. The molecule has 4 rings (SSSR count). The maximum atomic E-state index is 10.9. The highest BCUT2D eigenvalue weighted by Gasteiger charge is 2.11. The second-order valence-electron chi connectivity index (χ2n) is 4.56. The molecule has 0 radical (unpaired) electrons. The predicted octanol–water partition coefficient (Wildman–Crippen LogP) is 1.74. The van der Waals surface area contributed by atoms with E-state index in [-0.39, 0.29) is 5.69 Å². The van der Waals surface area contributed by atoms with E-state index < -0.39 is 5.97 Å². The fraction of sp³-hybridized carbons (Fsp3) is 0. The Morgan fingerprint density at radius 1 is 1.24 bits per heavy atom. The number of hydrogen-bond acceptors (Lipinski definition) is 4. The fourth-order valence-electron chi connectivity index (χ4n) is 2.28. The minimum Gasteiger partial charge on any atom is -0.476 e. The molecule has 0 aliphatic carbocycles. The van der Waals surface area contributed by atoms with Crippen LogP contribution in [0.3, 0.4) is 0 Å². The van der Waals surface area contributed by atoms with Gasteiger partial charge in [-0.15, -0.1) is 0 Å². The third-order valence-electron chi connectivity index (χ3n) is 3.25. The summed E-state index contributed by atoms with van der Waals surface area (Å²) >= 11 is 0. The second-order valence-corrected chi connectivity index (χ2v) is 4.56. The SMILES string of the molecule is O=C(O)c1cc2ncc(-c3cccc4ccnn34)cn2n1. The van der Waals surface area contributed by atoms with Crippen molar-refractivity contribution in [1.29, 1.82) is 0 Å². The van der Waals surface area contributed by atoms with Gasteiger partial charge in [-0.05, 0) is 18.2 Å². The number of fused-ring (bicyclic) bond motifs is 2. The van der Waals surface area contributed by atoms with Crippen molar-refractivity contribution in [2.45, 2.75) is 0 Å². The molecule has 1 N–H and O–H groups in total. The lowest BCUT2D eigenvalue weighted by atomic mass is 10.2. The standard InChI is InChI=1S/C14H9N5O2/c20-14(21)11-6-13-15-7-9(8-18(13)17-11)12-3-1-2-10-4-5-16-19(10)12/h1-8H,(H,20,21). The van der Waals surface area contributed by atoms with Gasteiger partial charge >= 0.3 is 5.97 Å². The van der Waals surface area contributed by atoms with Crippen LogP contribution in [0.5, 0.6) is 0 Å². The Morgan fingerprint density at radius 2 is 2.14 bits per heavy atom. The molecular weight excluding hydrogens is 270 g/mol. The van der Waals surface area contributed by atoms with Gasteiger partial charge in [0.05, 0.1) is 17.4 Å². The van der Waals surface area contributed by atoms with Gasteiger partial charge in [0.15, 0.2) is 11.3 Å². The molecule has 0 bridgehead atoms. The summed E-state index contributed by atoms with van der Waals surface area (Å²) in [4.78, 5) is 15.2. The molecule has 4 aromatic heterocycles. The molecular formula is C14H9N5O2. The van der Waals surface area contributed by atoms with E-state index in [2.05, 4.69) is 15.2 Å². The van der Waals surface area contributed by atoms with Gasteiger partial charge in [0, 0.05) is 24.0 Å². The van der Waals surface area contributed by atoms with E-state index in [0.717, 1.165) is 16.8 Å². The van der Waals surface area contributed by atoms with Crippen molar-refractivity contribution in [3.63, 3.8) is 0 Å². The Balaban J connectivity index is 1.94. The van der Waals surface area contributed by atoms with E-state index in [0.29, 0.717) is 5.65 Å². The highest BCUT2D eigenvalue weighted by Crippen LogP contribution is 2.20. The zero-order chi connectivity index (χ0) is 14.4. The van der Waals surface area contributed by atoms with Gasteiger partial charge in [0.25, 0.3) is 0 Å². The van der Waals surface area contributed by atoms with E-state index in [1.165, 1.54) is 10.6 Å². The van der Waals surface area contributed by atoms with Gasteiger partial charge in [-0.3, -0.25) is 0 Å². The summed E-state index contributed by atoms with van der Waals surface area (Å²) in [5, 5.41) is 17.2. The zero-order valence-electron chi connectivity index (χ0n) is 10.7. The van der Waals surface area contributed by atoms with Gasteiger partial charge < -0.3 is 5.11 Å². The summed E-state index contributed by atoms with van der Waals surface area (Å²) in [7, 11) is 0. The number of aromatic carboxylic acids is 1. The molecule has 0 aliphatic rings. The first-order chi connectivity index (χ1) is 10.2. The maximum Gasteiger partial charge on any atom is 0.356 e. The van der Waals surface area contributed by atoms with Crippen molar-refractivity contribution < 1.29 is 9.90 Å². The lowest BCUT2D eigenvalue weighted by molar-refractivity contribution is 0.0690. The monoisotopic (exact) mass is 279 g/mol. The summed E-state index contributed by atoms with van der Waals surface area (Å²) in [6.07, 6.45) is 5.14. The zero-order valence-corrected chi connectivity index (χ0v) is 10.7. The summed E-state index contributed by atoms with van der Waals surface area (Å²) in [5.41, 5.74) is 3.09. The minimum atomic E-state index is -1.07. The first-order valence-corrected chi connectivity index (χ1v) is 6.24. The Labute approximate surface area is 118 Å². The largest absolute Gasteiger partial charge is 0.476 e. The Hall–Kier alpha value is -3.22. The van der Waals surface area contributed by atoms with Gasteiger partial charge in [-0.25, -0.2) is 18.8 Å². The third kappa shape index (κ3) is 1.75. The van der Waals surface area contributed by atoms with Crippen molar-refractivity contribution in [3.05, 3.63) is 54.6 Å². The third-order valence-corrected chi connectivity index (χ3v) is 3.25. The van der Waals surface area contributed by atoms with E-state index in [1.807, 2.05) is 24.3 Å². The number of aromatic nitrogens is 5. The van der Waals surface area contributed by atoms with E-state index >= 15 is 0 Å². The number of carboxylic acids is 1. The van der Waals surface area contributed by atoms with Crippen molar-refractivity contribution in [2.24, 2.45) is 0 Å². The van der Waals surface area contributed by atoms with Crippen LogP contribution in [-0.2, 0) is 0 Å². The van der Waals surface area contributed by atoms with E-state index in [4.69, 9.17) is 5.11 Å².